The van der Waals surface area contributed by atoms with Crippen molar-refractivity contribution in [2.45, 2.75) is 6.92 Å². The number of fused-ring (bicyclic) bond motifs is 2. The molecular weight excluding hydrogens is 374 g/mol. The van der Waals surface area contributed by atoms with Crippen molar-refractivity contribution >= 4 is 33.7 Å². The Morgan fingerprint density at radius 2 is 1.71 bits per heavy atom. The second-order valence-corrected chi connectivity index (χ2v) is 6.95. The van der Waals surface area contributed by atoms with Crippen molar-refractivity contribution in [1.82, 2.24) is 25.1 Å². The number of benzene rings is 2. The molecule has 0 unspecified atom stereocenters. The maximum Gasteiger partial charge on any atom is 0.249 e. The number of hydrogen-bond acceptors (Lipinski definition) is 4. The van der Waals surface area contributed by atoms with E-state index in [1.54, 1.807) is 6.07 Å². The van der Waals surface area contributed by atoms with Gasteiger partial charge in [-0.1, -0.05) is 41.9 Å². The van der Waals surface area contributed by atoms with E-state index >= 15 is 0 Å². The average Bonchev–Trinajstić information content (AvgIpc) is 3.09. The van der Waals surface area contributed by atoms with Crippen LogP contribution in [0.25, 0.3) is 44.6 Å². The van der Waals surface area contributed by atoms with Gasteiger partial charge in [-0.05, 0) is 25.1 Å². The van der Waals surface area contributed by atoms with Gasteiger partial charge in [-0.15, -0.1) is 0 Å². The Kier molecular flexibility index (Phi) is 3.74. The number of hydrogen-bond donors (Lipinski definition) is 2. The van der Waals surface area contributed by atoms with Crippen molar-refractivity contribution in [3.8, 4) is 22.5 Å². The van der Waals surface area contributed by atoms with Crippen molar-refractivity contribution in [2.75, 3.05) is 0 Å². The fraction of sp³-hybridized carbons (Fsp3) is 0.0476. The first kappa shape index (κ1) is 16.6. The number of aromatic nitrogens is 5. The minimum atomic E-state index is -0.216. The van der Waals surface area contributed by atoms with Gasteiger partial charge in [0.2, 0.25) is 5.56 Å². The third-order valence-corrected chi connectivity index (χ3v) is 4.97. The molecule has 28 heavy (non-hydrogen) atoms. The normalized spacial score (nSPS) is 11.4. The molecule has 2 N–H and O–H groups in total. The first-order valence-electron chi connectivity index (χ1n) is 8.71. The summed E-state index contributed by atoms with van der Waals surface area (Å²) in [6, 6.07) is 16.7. The maximum absolute atomic E-state index is 11.7. The smallest absolute Gasteiger partial charge is 0.249 e. The standard InChI is InChI=1S/C21H14ClN5O/c1-11-14-9-13(10-15(22)20(14)27-26-11)19-18(12-5-3-2-4-6-12)25-21-16(23-19)7-8-17(28)24-21/h2-10H,1H3,(H,26,27)(H,24,25,28). The summed E-state index contributed by atoms with van der Waals surface area (Å²) in [6.45, 7) is 1.95. The van der Waals surface area contributed by atoms with Crippen LogP contribution in [-0.4, -0.2) is 25.1 Å². The molecule has 6 nitrogen and oxygen atoms in total. The number of aryl methyl sites for hydroxylation is 1. The Labute approximate surface area is 164 Å². The van der Waals surface area contributed by atoms with Gasteiger partial charge in [-0.3, -0.25) is 9.89 Å². The molecule has 2 aromatic carbocycles. The zero-order valence-electron chi connectivity index (χ0n) is 14.8. The molecule has 0 saturated heterocycles. The molecule has 0 aliphatic rings. The lowest BCUT2D eigenvalue weighted by Crippen LogP contribution is -2.06. The molecular formula is C21H14ClN5O. The van der Waals surface area contributed by atoms with Crippen LogP contribution in [0.2, 0.25) is 5.02 Å². The topological polar surface area (TPSA) is 87.3 Å². The van der Waals surface area contributed by atoms with Crippen LogP contribution in [0.15, 0.2) is 59.4 Å². The number of aromatic amines is 2. The van der Waals surface area contributed by atoms with Crippen molar-refractivity contribution in [2.24, 2.45) is 0 Å². The molecule has 0 aliphatic heterocycles. The zero-order chi connectivity index (χ0) is 19.3. The summed E-state index contributed by atoms with van der Waals surface area (Å²) < 4.78 is 0. The summed E-state index contributed by atoms with van der Waals surface area (Å²) in [5, 5.41) is 8.70. The highest BCUT2D eigenvalue weighted by Crippen LogP contribution is 2.35. The van der Waals surface area contributed by atoms with E-state index in [1.165, 1.54) is 6.07 Å². The van der Waals surface area contributed by atoms with E-state index in [-0.39, 0.29) is 5.56 Å². The van der Waals surface area contributed by atoms with Gasteiger partial charge in [0.15, 0.2) is 5.65 Å². The number of pyridine rings is 1. The molecule has 0 fully saturated rings. The van der Waals surface area contributed by atoms with Crippen LogP contribution in [0.4, 0.5) is 0 Å². The molecule has 3 aromatic heterocycles. The Morgan fingerprint density at radius 1 is 0.929 bits per heavy atom. The minimum absolute atomic E-state index is 0.216. The molecule has 0 saturated carbocycles. The Bertz CT molecular complexity index is 1410. The SMILES string of the molecule is Cc1[nH]nc2c(Cl)cc(-c3nc4ccc(=O)[nH]c4nc3-c3ccccc3)cc12. The van der Waals surface area contributed by atoms with Crippen LogP contribution in [0, 0.1) is 6.92 Å². The molecule has 0 amide bonds. The number of nitrogens with one attached hydrogen (secondary N) is 2. The van der Waals surface area contributed by atoms with Gasteiger partial charge in [0.25, 0.3) is 0 Å². The van der Waals surface area contributed by atoms with Crippen LogP contribution in [0.5, 0.6) is 0 Å². The Morgan fingerprint density at radius 3 is 2.54 bits per heavy atom. The highest BCUT2D eigenvalue weighted by atomic mass is 35.5. The van der Waals surface area contributed by atoms with E-state index in [9.17, 15) is 4.79 Å². The van der Waals surface area contributed by atoms with E-state index < -0.39 is 0 Å². The van der Waals surface area contributed by atoms with Crippen LogP contribution < -0.4 is 5.56 Å². The van der Waals surface area contributed by atoms with Gasteiger partial charge in [-0.25, -0.2) is 9.97 Å². The monoisotopic (exact) mass is 387 g/mol. The third kappa shape index (κ3) is 2.66. The van der Waals surface area contributed by atoms with E-state index in [4.69, 9.17) is 21.6 Å². The van der Waals surface area contributed by atoms with Crippen LogP contribution in [0.3, 0.4) is 0 Å². The largest absolute Gasteiger partial charge is 0.305 e. The number of H-pyrrole nitrogens is 2. The molecule has 5 aromatic rings. The second-order valence-electron chi connectivity index (χ2n) is 6.55. The van der Waals surface area contributed by atoms with Gasteiger partial charge < -0.3 is 4.98 Å². The van der Waals surface area contributed by atoms with Crippen LogP contribution in [-0.2, 0) is 0 Å². The molecule has 0 spiro atoms. The van der Waals surface area contributed by atoms with Gasteiger partial charge in [0, 0.05) is 28.3 Å². The minimum Gasteiger partial charge on any atom is -0.305 e. The predicted molar refractivity (Wildman–Crippen MR) is 110 cm³/mol. The lowest BCUT2D eigenvalue weighted by Gasteiger charge is -2.11. The number of nitrogens with zero attached hydrogens (tertiary/aromatic N) is 3. The van der Waals surface area contributed by atoms with Gasteiger partial charge >= 0.3 is 0 Å². The highest BCUT2D eigenvalue weighted by molar-refractivity contribution is 6.35. The Hall–Kier alpha value is -3.51. The van der Waals surface area contributed by atoms with Crippen LogP contribution in [0.1, 0.15) is 5.69 Å². The molecule has 0 atom stereocenters. The van der Waals surface area contributed by atoms with Gasteiger partial charge in [0.1, 0.15) is 11.0 Å². The van der Waals surface area contributed by atoms with Crippen molar-refractivity contribution in [1.29, 1.82) is 0 Å². The maximum atomic E-state index is 11.7. The van der Waals surface area contributed by atoms with Crippen molar-refractivity contribution in [3.05, 3.63) is 75.7 Å². The van der Waals surface area contributed by atoms with Gasteiger partial charge in [0.05, 0.1) is 16.4 Å². The molecule has 7 heteroatoms. The molecule has 136 valence electrons. The molecule has 3 heterocycles. The fourth-order valence-electron chi connectivity index (χ4n) is 3.30. The fourth-order valence-corrected chi connectivity index (χ4v) is 3.56. The van der Waals surface area contributed by atoms with E-state index in [0.29, 0.717) is 27.6 Å². The van der Waals surface area contributed by atoms with E-state index in [1.807, 2.05) is 49.4 Å². The number of halogens is 1. The Balaban J connectivity index is 1.86. The quantitative estimate of drug-likeness (QED) is 0.467. The summed E-state index contributed by atoms with van der Waals surface area (Å²) in [4.78, 5) is 24.0. The van der Waals surface area contributed by atoms with Gasteiger partial charge in [-0.2, -0.15) is 5.10 Å². The summed E-state index contributed by atoms with van der Waals surface area (Å²) in [5.74, 6) is 0. The van der Waals surface area contributed by atoms with E-state index in [0.717, 1.165) is 27.7 Å². The zero-order valence-corrected chi connectivity index (χ0v) is 15.6. The lowest BCUT2D eigenvalue weighted by atomic mass is 10.0. The predicted octanol–water partition coefficient (Wildman–Crippen LogP) is 4.49. The first-order valence-corrected chi connectivity index (χ1v) is 9.09. The second kappa shape index (κ2) is 6.28. The highest BCUT2D eigenvalue weighted by Gasteiger charge is 2.16. The van der Waals surface area contributed by atoms with Crippen LogP contribution >= 0.6 is 11.6 Å². The van der Waals surface area contributed by atoms with Crippen molar-refractivity contribution in [3.63, 3.8) is 0 Å². The molecule has 0 aliphatic carbocycles. The summed E-state index contributed by atoms with van der Waals surface area (Å²) in [7, 11) is 0. The summed E-state index contributed by atoms with van der Waals surface area (Å²) in [5.41, 5.74) is 5.59. The molecule has 0 radical (unpaired) electrons. The average molecular weight is 388 g/mol. The van der Waals surface area contributed by atoms with Crippen molar-refractivity contribution < 1.29 is 0 Å². The lowest BCUT2D eigenvalue weighted by molar-refractivity contribution is 1.07. The summed E-state index contributed by atoms with van der Waals surface area (Å²) >= 11 is 6.48. The first-order chi connectivity index (χ1) is 13.6. The number of rotatable bonds is 2. The third-order valence-electron chi connectivity index (χ3n) is 4.68. The summed E-state index contributed by atoms with van der Waals surface area (Å²) in [6.07, 6.45) is 0. The molecule has 5 rings (SSSR count). The van der Waals surface area contributed by atoms with E-state index in [2.05, 4.69) is 15.2 Å². The molecule has 0 bridgehead atoms.